The summed E-state index contributed by atoms with van der Waals surface area (Å²) in [6, 6.07) is 3.42. The molecule has 1 atom stereocenters. The Morgan fingerprint density at radius 1 is 1.37 bits per heavy atom. The second kappa shape index (κ2) is 5.88. The number of benzene rings is 1. The van der Waals surface area contributed by atoms with Gasteiger partial charge in [0.25, 0.3) is 0 Å². The Bertz CT molecular complexity index is 553. The fraction of sp³-hybridized carbons (Fsp3) is 0.385. The molecule has 0 fully saturated rings. The van der Waals surface area contributed by atoms with E-state index in [4.69, 9.17) is 10.3 Å². The molecule has 4 nitrogen and oxygen atoms in total. The fourth-order valence-corrected chi connectivity index (χ4v) is 1.78. The summed E-state index contributed by atoms with van der Waals surface area (Å²) >= 11 is 0. The third-order valence-electron chi connectivity index (χ3n) is 2.97. The standard InChI is InChI=1S/C13H15F2N3O/c1-2-8(7-16)13-17-12(18-19-13)5-9-3-4-10(14)6-11(9)15/h3-4,6,8H,2,5,7,16H2,1H3. The van der Waals surface area contributed by atoms with Crippen molar-refractivity contribution in [3.05, 3.63) is 47.1 Å². The molecule has 0 aliphatic rings. The van der Waals surface area contributed by atoms with Crippen LogP contribution in [0.15, 0.2) is 22.7 Å². The molecule has 0 amide bonds. The Morgan fingerprint density at radius 3 is 2.79 bits per heavy atom. The van der Waals surface area contributed by atoms with Gasteiger partial charge in [-0.2, -0.15) is 4.98 Å². The van der Waals surface area contributed by atoms with Crippen molar-refractivity contribution < 1.29 is 13.3 Å². The first-order valence-corrected chi connectivity index (χ1v) is 6.10. The second-order valence-corrected chi connectivity index (χ2v) is 4.30. The summed E-state index contributed by atoms with van der Waals surface area (Å²) in [5, 5.41) is 3.79. The highest BCUT2D eigenvalue weighted by Crippen LogP contribution is 2.18. The molecule has 1 unspecified atom stereocenters. The number of nitrogens with two attached hydrogens (primary N) is 1. The highest BCUT2D eigenvalue weighted by atomic mass is 19.1. The number of aromatic nitrogens is 2. The maximum atomic E-state index is 13.5. The topological polar surface area (TPSA) is 64.9 Å². The van der Waals surface area contributed by atoms with E-state index >= 15 is 0 Å². The van der Waals surface area contributed by atoms with E-state index in [9.17, 15) is 8.78 Å². The lowest BCUT2D eigenvalue weighted by Crippen LogP contribution is -2.11. The number of hydrogen-bond acceptors (Lipinski definition) is 4. The zero-order valence-corrected chi connectivity index (χ0v) is 10.6. The van der Waals surface area contributed by atoms with Crippen molar-refractivity contribution in [3.8, 4) is 0 Å². The number of rotatable bonds is 5. The number of hydrogen-bond donors (Lipinski definition) is 1. The van der Waals surface area contributed by atoms with Crippen LogP contribution in [0.1, 0.15) is 36.5 Å². The largest absolute Gasteiger partial charge is 0.339 e. The first kappa shape index (κ1) is 13.6. The molecule has 2 rings (SSSR count). The van der Waals surface area contributed by atoms with Gasteiger partial charge >= 0.3 is 0 Å². The zero-order valence-electron chi connectivity index (χ0n) is 10.6. The Kier molecular flexibility index (Phi) is 4.21. The molecule has 0 radical (unpaired) electrons. The van der Waals surface area contributed by atoms with Crippen LogP contribution < -0.4 is 5.73 Å². The van der Waals surface area contributed by atoms with E-state index < -0.39 is 11.6 Å². The third-order valence-corrected chi connectivity index (χ3v) is 2.97. The van der Waals surface area contributed by atoms with Gasteiger partial charge in [0.1, 0.15) is 11.6 Å². The van der Waals surface area contributed by atoms with Gasteiger partial charge in [-0.1, -0.05) is 18.1 Å². The van der Waals surface area contributed by atoms with Crippen LogP contribution in [-0.4, -0.2) is 16.7 Å². The molecule has 2 aromatic rings. The van der Waals surface area contributed by atoms with Crippen molar-refractivity contribution in [2.75, 3.05) is 6.54 Å². The molecule has 19 heavy (non-hydrogen) atoms. The van der Waals surface area contributed by atoms with E-state index in [0.29, 0.717) is 23.8 Å². The zero-order chi connectivity index (χ0) is 13.8. The summed E-state index contributed by atoms with van der Waals surface area (Å²) in [7, 11) is 0. The molecule has 0 spiro atoms. The first-order valence-electron chi connectivity index (χ1n) is 6.10. The van der Waals surface area contributed by atoms with Gasteiger partial charge in [0.15, 0.2) is 5.82 Å². The molecular weight excluding hydrogens is 252 g/mol. The molecule has 102 valence electrons. The van der Waals surface area contributed by atoms with Crippen LogP contribution >= 0.6 is 0 Å². The molecule has 0 saturated heterocycles. The molecule has 6 heteroatoms. The summed E-state index contributed by atoms with van der Waals surface area (Å²) in [6.07, 6.45) is 0.958. The Morgan fingerprint density at radius 2 is 2.16 bits per heavy atom. The molecule has 1 aromatic carbocycles. The predicted octanol–water partition coefficient (Wildman–Crippen LogP) is 2.39. The Hall–Kier alpha value is -1.82. The lowest BCUT2D eigenvalue weighted by molar-refractivity contribution is 0.348. The molecule has 1 heterocycles. The van der Waals surface area contributed by atoms with Crippen molar-refractivity contribution in [1.29, 1.82) is 0 Å². The van der Waals surface area contributed by atoms with Gasteiger partial charge in [0.05, 0.1) is 5.92 Å². The molecule has 0 aliphatic heterocycles. The molecule has 0 aliphatic carbocycles. The maximum absolute atomic E-state index is 13.5. The van der Waals surface area contributed by atoms with Crippen LogP contribution in [0.2, 0.25) is 0 Å². The van der Waals surface area contributed by atoms with Crippen LogP contribution in [-0.2, 0) is 6.42 Å². The SMILES string of the molecule is CCC(CN)c1nc(Cc2ccc(F)cc2F)no1. The van der Waals surface area contributed by atoms with E-state index in [1.54, 1.807) is 0 Å². The lowest BCUT2D eigenvalue weighted by Gasteiger charge is -2.04. The van der Waals surface area contributed by atoms with Crippen molar-refractivity contribution in [2.24, 2.45) is 5.73 Å². The number of nitrogens with zero attached hydrogens (tertiary/aromatic N) is 2. The van der Waals surface area contributed by atoms with Gasteiger partial charge in [-0.05, 0) is 18.1 Å². The average molecular weight is 267 g/mol. The second-order valence-electron chi connectivity index (χ2n) is 4.30. The summed E-state index contributed by atoms with van der Waals surface area (Å²) in [5.74, 6) is -0.379. The lowest BCUT2D eigenvalue weighted by atomic mass is 10.1. The normalized spacial score (nSPS) is 12.6. The third kappa shape index (κ3) is 3.14. The molecular formula is C13H15F2N3O. The van der Waals surface area contributed by atoms with Crippen LogP contribution in [0.4, 0.5) is 8.78 Å². The van der Waals surface area contributed by atoms with Gasteiger partial charge in [-0.25, -0.2) is 8.78 Å². The van der Waals surface area contributed by atoms with Crippen LogP contribution in [0.5, 0.6) is 0 Å². The van der Waals surface area contributed by atoms with Gasteiger partial charge in [0.2, 0.25) is 5.89 Å². The van der Waals surface area contributed by atoms with Gasteiger partial charge in [-0.3, -0.25) is 0 Å². The summed E-state index contributed by atoms with van der Waals surface area (Å²) < 4.78 is 31.4. The summed E-state index contributed by atoms with van der Waals surface area (Å²) in [5.41, 5.74) is 5.92. The van der Waals surface area contributed by atoms with Crippen LogP contribution in [0.25, 0.3) is 0 Å². The van der Waals surface area contributed by atoms with E-state index in [1.807, 2.05) is 6.92 Å². The minimum absolute atomic E-state index is 0.0133. The maximum Gasteiger partial charge on any atom is 0.231 e. The van der Waals surface area contributed by atoms with Crippen molar-refractivity contribution in [2.45, 2.75) is 25.7 Å². The van der Waals surface area contributed by atoms with Crippen LogP contribution in [0, 0.1) is 11.6 Å². The smallest absolute Gasteiger partial charge is 0.231 e. The quantitative estimate of drug-likeness (QED) is 0.903. The van der Waals surface area contributed by atoms with Crippen molar-refractivity contribution in [1.82, 2.24) is 10.1 Å². The van der Waals surface area contributed by atoms with E-state index in [1.165, 1.54) is 12.1 Å². The van der Waals surface area contributed by atoms with E-state index in [-0.39, 0.29) is 12.3 Å². The predicted molar refractivity (Wildman–Crippen MR) is 65.5 cm³/mol. The van der Waals surface area contributed by atoms with Gasteiger partial charge < -0.3 is 10.3 Å². The average Bonchev–Trinajstić information content (AvgIpc) is 2.83. The fourth-order valence-electron chi connectivity index (χ4n) is 1.78. The molecule has 0 saturated carbocycles. The van der Waals surface area contributed by atoms with Crippen LogP contribution in [0.3, 0.4) is 0 Å². The Balaban J connectivity index is 2.15. The minimum Gasteiger partial charge on any atom is -0.339 e. The molecule has 0 bridgehead atoms. The van der Waals surface area contributed by atoms with Crippen molar-refractivity contribution >= 4 is 0 Å². The monoisotopic (exact) mass is 267 g/mol. The highest BCUT2D eigenvalue weighted by molar-refractivity contribution is 5.21. The Labute approximate surface area is 109 Å². The first-order chi connectivity index (χ1) is 9.13. The molecule has 2 N–H and O–H groups in total. The van der Waals surface area contributed by atoms with Gasteiger partial charge in [0, 0.05) is 19.0 Å². The number of halogens is 2. The summed E-state index contributed by atoms with van der Waals surface area (Å²) in [4.78, 5) is 4.19. The van der Waals surface area contributed by atoms with E-state index in [2.05, 4.69) is 10.1 Å². The van der Waals surface area contributed by atoms with E-state index in [0.717, 1.165) is 12.5 Å². The minimum atomic E-state index is -0.614. The van der Waals surface area contributed by atoms with Gasteiger partial charge in [-0.15, -0.1) is 0 Å². The molecule has 1 aromatic heterocycles. The van der Waals surface area contributed by atoms with Crippen molar-refractivity contribution in [3.63, 3.8) is 0 Å². The summed E-state index contributed by atoms with van der Waals surface area (Å²) in [6.45, 7) is 2.39. The highest BCUT2D eigenvalue weighted by Gasteiger charge is 2.16.